The van der Waals surface area contributed by atoms with Gasteiger partial charge in [0.2, 0.25) is 0 Å². The van der Waals surface area contributed by atoms with Crippen LogP contribution >= 0.6 is 11.6 Å². The highest BCUT2D eigenvalue weighted by atomic mass is 35.5. The lowest BCUT2D eigenvalue weighted by Gasteiger charge is -2.12. The number of aryl methyl sites for hydroxylation is 1. The topological polar surface area (TPSA) is 101 Å². The predicted molar refractivity (Wildman–Crippen MR) is 96.0 cm³/mol. The number of halogens is 1. The van der Waals surface area contributed by atoms with E-state index in [0.717, 1.165) is 5.69 Å². The van der Waals surface area contributed by atoms with Crippen LogP contribution in [0.2, 0.25) is 5.02 Å². The third kappa shape index (κ3) is 4.67. The van der Waals surface area contributed by atoms with Crippen LogP contribution in [0.15, 0.2) is 30.3 Å². The van der Waals surface area contributed by atoms with Gasteiger partial charge in [-0.25, -0.2) is 18.4 Å². The van der Waals surface area contributed by atoms with E-state index in [1.807, 2.05) is 0 Å². The van der Waals surface area contributed by atoms with E-state index < -0.39 is 15.7 Å². The molecule has 1 atom stereocenters. The molecule has 1 aliphatic heterocycles. The lowest BCUT2D eigenvalue weighted by molar-refractivity contribution is 0.0935. The molecular weight excluding hydrogens is 364 g/mol. The molecule has 1 amide bonds. The van der Waals surface area contributed by atoms with Crippen LogP contribution in [-0.4, -0.2) is 41.8 Å². The molecule has 0 bridgehead atoms. The molecule has 1 aromatic heterocycles. The Bertz CT molecular complexity index is 900. The van der Waals surface area contributed by atoms with Crippen molar-refractivity contribution in [2.45, 2.75) is 19.4 Å². The Balaban J connectivity index is 1.74. The van der Waals surface area contributed by atoms with Crippen molar-refractivity contribution in [3.8, 4) is 0 Å². The van der Waals surface area contributed by atoms with Crippen LogP contribution in [-0.2, 0) is 9.84 Å². The number of amides is 1. The van der Waals surface area contributed by atoms with Gasteiger partial charge in [0.25, 0.3) is 5.91 Å². The third-order valence-electron chi connectivity index (χ3n) is 3.75. The van der Waals surface area contributed by atoms with Crippen LogP contribution in [0.1, 0.15) is 22.7 Å². The Hall–Kier alpha value is -2.19. The summed E-state index contributed by atoms with van der Waals surface area (Å²) in [6, 6.07) is 8.23. The fraction of sp³-hybridized carbons (Fsp3) is 0.312. The second kappa shape index (κ2) is 6.97. The second-order valence-electron chi connectivity index (χ2n) is 5.89. The molecular formula is C16H17ClN4O3S. The maximum Gasteiger partial charge on any atom is 0.270 e. The van der Waals surface area contributed by atoms with Crippen molar-refractivity contribution in [2.24, 2.45) is 0 Å². The molecule has 7 nitrogen and oxygen atoms in total. The third-order valence-corrected chi connectivity index (χ3v) is 5.77. The smallest absolute Gasteiger partial charge is 0.270 e. The van der Waals surface area contributed by atoms with E-state index in [1.165, 1.54) is 6.07 Å². The van der Waals surface area contributed by atoms with Gasteiger partial charge in [0, 0.05) is 22.8 Å². The van der Waals surface area contributed by atoms with Gasteiger partial charge < -0.3 is 10.6 Å². The fourth-order valence-corrected chi connectivity index (χ4v) is 4.40. The molecule has 2 aromatic rings. The van der Waals surface area contributed by atoms with Gasteiger partial charge in [0.05, 0.1) is 11.5 Å². The predicted octanol–water partition coefficient (Wildman–Crippen LogP) is 2.10. The minimum Gasteiger partial charge on any atom is -0.347 e. The molecule has 2 heterocycles. The van der Waals surface area contributed by atoms with Crippen LogP contribution in [0, 0.1) is 6.92 Å². The Morgan fingerprint density at radius 1 is 1.24 bits per heavy atom. The van der Waals surface area contributed by atoms with Gasteiger partial charge in [-0.2, -0.15) is 0 Å². The highest BCUT2D eigenvalue weighted by Gasteiger charge is 2.29. The zero-order valence-corrected chi connectivity index (χ0v) is 15.1. The summed E-state index contributed by atoms with van der Waals surface area (Å²) < 4.78 is 23.0. The Morgan fingerprint density at radius 3 is 2.60 bits per heavy atom. The molecule has 9 heteroatoms. The molecule has 1 aliphatic rings. The summed E-state index contributed by atoms with van der Waals surface area (Å²) in [5, 5.41) is 6.43. The summed E-state index contributed by atoms with van der Waals surface area (Å²) in [5.74, 6) is 0.567. The SMILES string of the molecule is Cc1nc(Nc2ccc(Cl)cc2)cc(C(=O)NC2CCS(=O)(=O)C2)n1. The van der Waals surface area contributed by atoms with Crippen LogP contribution in [0.25, 0.3) is 0 Å². The summed E-state index contributed by atoms with van der Waals surface area (Å²) in [5.41, 5.74) is 0.962. The summed E-state index contributed by atoms with van der Waals surface area (Å²) in [6.07, 6.45) is 0.425. The number of carbonyl (C=O) groups is 1. The number of nitrogens with zero attached hydrogens (tertiary/aromatic N) is 2. The molecule has 0 spiro atoms. The van der Waals surface area contributed by atoms with Crippen LogP contribution in [0.5, 0.6) is 0 Å². The largest absolute Gasteiger partial charge is 0.347 e. The van der Waals surface area contributed by atoms with Crippen LogP contribution < -0.4 is 10.6 Å². The van der Waals surface area contributed by atoms with Crippen molar-refractivity contribution in [3.05, 3.63) is 46.9 Å². The van der Waals surface area contributed by atoms with E-state index in [2.05, 4.69) is 20.6 Å². The minimum absolute atomic E-state index is 0.0291. The van der Waals surface area contributed by atoms with Crippen LogP contribution in [0.3, 0.4) is 0 Å². The number of nitrogens with one attached hydrogen (secondary N) is 2. The van der Waals surface area contributed by atoms with Gasteiger partial charge >= 0.3 is 0 Å². The van der Waals surface area contributed by atoms with Gasteiger partial charge in [-0.05, 0) is 37.6 Å². The Kier molecular flexibility index (Phi) is 4.91. The van der Waals surface area contributed by atoms with Crippen LogP contribution in [0.4, 0.5) is 11.5 Å². The molecule has 0 aliphatic carbocycles. The van der Waals surface area contributed by atoms with Crippen molar-refractivity contribution in [1.29, 1.82) is 0 Å². The highest BCUT2D eigenvalue weighted by molar-refractivity contribution is 7.91. The van der Waals surface area contributed by atoms with Crippen molar-refractivity contribution in [3.63, 3.8) is 0 Å². The quantitative estimate of drug-likeness (QED) is 0.842. The molecule has 0 radical (unpaired) electrons. The first-order valence-electron chi connectivity index (χ1n) is 7.70. The highest BCUT2D eigenvalue weighted by Crippen LogP contribution is 2.18. The number of aromatic nitrogens is 2. The fourth-order valence-electron chi connectivity index (χ4n) is 2.60. The molecule has 1 unspecified atom stereocenters. The van der Waals surface area contributed by atoms with Gasteiger partial charge in [0.15, 0.2) is 9.84 Å². The lowest BCUT2D eigenvalue weighted by Crippen LogP contribution is -2.36. The number of sulfone groups is 1. The Labute approximate surface area is 150 Å². The number of rotatable bonds is 4. The summed E-state index contributed by atoms with van der Waals surface area (Å²) in [6.45, 7) is 1.68. The molecule has 1 aromatic carbocycles. The van der Waals surface area contributed by atoms with Crippen molar-refractivity contribution in [1.82, 2.24) is 15.3 Å². The van der Waals surface area contributed by atoms with E-state index in [4.69, 9.17) is 11.6 Å². The molecule has 25 heavy (non-hydrogen) atoms. The molecule has 3 rings (SSSR count). The van der Waals surface area contributed by atoms with Crippen molar-refractivity contribution < 1.29 is 13.2 Å². The second-order valence-corrected chi connectivity index (χ2v) is 8.56. The standard InChI is InChI=1S/C16H17ClN4O3S/c1-10-18-14(16(22)21-13-6-7-25(23,24)9-13)8-15(19-10)20-12-4-2-11(17)3-5-12/h2-5,8,13H,6-7,9H2,1H3,(H,21,22)(H,18,19,20). The number of anilines is 2. The normalized spacial score (nSPS) is 18.7. The summed E-state index contributed by atoms with van der Waals surface area (Å²) in [7, 11) is -3.05. The molecule has 1 fully saturated rings. The van der Waals surface area contributed by atoms with Gasteiger partial charge in [-0.3, -0.25) is 4.79 Å². The van der Waals surface area contributed by atoms with E-state index in [1.54, 1.807) is 31.2 Å². The van der Waals surface area contributed by atoms with E-state index in [9.17, 15) is 13.2 Å². The zero-order chi connectivity index (χ0) is 18.0. The molecule has 132 valence electrons. The minimum atomic E-state index is -3.05. The number of carbonyl (C=O) groups excluding carboxylic acids is 1. The number of hydrogen-bond acceptors (Lipinski definition) is 6. The molecule has 0 saturated carbocycles. The monoisotopic (exact) mass is 380 g/mol. The number of benzene rings is 1. The number of hydrogen-bond donors (Lipinski definition) is 2. The maximum absolute atomic E-state index is 12.4. The first kappa shape index (κ1) is 17.6. The molecule has 1 saturated heterocycles. The summed E-state index contributed by atoms with van der Waals surface area (Å²) in [4.78, 5) is 20.8. The summed E-state index contributed by atoms with van der Waals surface area (Å²) >= 11 is 5.86. The average molecular weight is 381 g/mol. The van der Waals surface area contributed by atoms with E-state index in [0.29, 0.717) is 23.1 Å². The lowest BCUT2D eigenvalue weighted by atomic mass is 10.2. The first-order valence-corrected chi connectivity index (χ1v) is 9.90. The van der Waals surface area contributed by atoms with Crippen molar-refractivity contribution in [2.75, 3.05) is 16.8 Å². The van der Waals surface area contributed by atoms with Gasteiger partial charge in [0.1, 0.15) is 17.3 Å². The van der Waals surface area contributed by atoms with Gasteiger partial charge in [-0.1, -0.05) is 11.6 Å². The Morgan fingerprint density at radius 2 is 1.96 bits per heavy atom. The average Bonchev–Trinajstić information content (AvgIpc) is 2.88. The van der Waals surface area contributed by atoms with Crippen molar-refractivity contribution >= 4 is 38.9 Å². The first-order chi connectivity index (χ1) is 11.8. The van der Waals surface area contributed by atoms with Gasteiger partial charge in [-0.15, -0.1) is 0 Å². The maximum atomic E-state index is 12.4. The van der Waals surface area contributed by atoms with E-state index in [-0.39, 0.29) is 23.2 Å². The van der Waals surface area contributed by atoms with E-state index >= 15 is 0 Å². The zero-order valence-electron chi connectivity index (χ0n) is 13.5. The molecule has 2 N–H and O–H groups in total.